The molecule has 2 saturated heterocycles. The van der Waals surface area contributed by atoms with Gasteiger partial charge in [-0.15, -0.1) is 0 Å². The number of anilines is 1. The third kappa shape index (κ3) is 6.46. The van der Waals surface area contributed by atoms with Crippen molar-refractivity contribution in [2.75, 3.05) is 31.5 Å². The Morgan fingerprint density at radius 1 is 0.929 bits per heavy atom. The predicted octanol–water partition coefficient (Wildman–Crippen LogP) is 4.93. The van der Waals surface area contributed by atoms with Crippen molar-refractivity contribution in [3.63, 3.8) is 0 Å². The van der Waals surface area contributed by atoms with Gasteiger partial charge in [0.2, 0.25) is 11.9 Å². The van der Waals surface area contributed by atoms with Crippen LogP contribution in [0.3, 0.4) is 0 Å². The van der Waals surface area contributed by atoms with E-state index < -0.39 is 0 Å². The van der Waals surface area contributed by atoms with Crippen LogP contribution in [-0.2, 0) is 18.3 Å². The number of benzene rings is 2. The normalized spacial score (nSPS) is 16.2. The van der Waals surface area contributed by atoms with Crippen LogP contribution in [0.25, 0.3) is 16.8 Å². The molecule has 218 valence electrons. The topological polar surface area (TPSA) is 88.3 Å². The number of rotatable bonds is 9. The summed E-state index contributed by atoms with van der Waals surface area (Å²) in [4.78, 5) is 35.7. The van der Waals surface area contributed by atoms with Gasteiger partial charge >= 0.3 is 0 Å². The van der Waals surface area contributed by atoms with Gasteiger partial charge in [0.25, 0.3) is 5.91 Å². The summed E-state index contributed by atoms with van der Waals surface area (Å²) in [6.45, 7) is 4.16. The third-order valence-corrected chi connectivity index (χ3v) is 8.48. The Balaban J connectivity index is 1.09. The average molecular weight is 566 g/mol. The molecular weight excluding hydrogens is 526 g/mol. The van der Waals surface area contributed by atoms with Crippen molar-refractivity contribution in [2.24, 2.45) is 7.05 Å². The van der Waals surface area contributed by atoms with Gasteiger partial charge in [0.05, 0.1) is 11.9 Å². The molecule has 6 rings (SSSR count). The molecule has 2 fully saturated rings. The zero-order valence-electron chi connectivity index (χ0n) is 24.3. The summed E-state index contributed by atoms with van der Waals surface area (Å²) in [6.07, 6.45) is 12.3. The Morgan fingerprint density at radius 2 is 1.71 bits per heavy atom. The first kappa shape index (κ1) is 27.9. The van der Waals surface area contributed by atoms with Crippen LogP contribution in [-0.4, -0.2) is 73.2 Å². The molecule has 9 nitrogen and oxygen atoms in total. The highest BCUT2D eigenvalue weighted by atomic mass is 16.2. The molecule has 2 aliphatic rings. The van der Waals surface area contributed by atoms with Crippen LogP contribution < -0.4 is 5.32 Å². The molecule has 4 aromatic rings. The van der Waals surface area contributed by atoms with E-state index in [9.17, 15) is 9.59 Å². The maximum Gasteiger partial charge on any atom is 0.258 e. The number of nitrogens with zero attached hydrogens (tertiary/aromatic N) is 6. The summed E-state index contributed by atoms with van der Waals surface area (Å²) in [6, 6.07) is 18.0. The highest BCUT2D eigenvalue weighted by Gasteiger charge is 2.28. The van der Waals surface area contributed by atoms with E-state index in [4.69, 9.17) is 4.98 Å². The number of hydrogen-bond acceptors (Lipinski definition) is 5. The van der Waals surface area contributed by atoms with Gasteiger partial charge in [-0.2, -0.15) is 5.10 Å². The molecule has 0 saturated carbocycles. The first-order chi connectivity index (χ1) is 20.5. The standard InChI is InChI=1S/C33H39N7O2/c1-37-23-27(22-34-37)25-9-7-10-26(21-25)32(42)36-33-35-28(24-40(33)30-12-3-2-4-13-30)11-8-14-31(41)39-19-15-29(16-20-39)38-17-5-6-18-38/h2-4,7,9-10,12-13,21-24,29H,5-6,8,11,14-20H2,1H3,(H,35,36,42). The largest absolute Gasteiger partial charge is 0.343 e. The molecular formula is C33H39N7O2. The highest BCUT2D eigenvalue weighted by molar-refractivity contribution is 6.04. The van der Waals surface area contributed by atoms with E-state index in [1.165, 1.54) is 25.9 Å². The zero-order chi connectivity index (χ0) is 28.9. The Morgan fingerprint density at radius 3 is 2.45 bits per heavy atom. The monoisotopic (exact) mass is 565 g/mol. The maximum absolute atomic E-state index is 13.3. The van der Waals surface area contributed by atoms with Crippen LogP contribution in [0.2, 0.25) is 0 Å². The van der Waals surface area contributed by atoms with E-state index >= 15 is 0 Å². The van der Waals surface area contributed by atoms with Crippen LogP contribution >= 0.6 is 0 Å². The molecule has 0 atom stereocenters. The van der Waals surface area contributed by atoms with Gasteiger partial charge < -0.3 is 9.80 Å². The molecule has 0 spiro atoms. The first-order valence-electron chi connectivity index (χ1n) is 15.1. The van der Waals surface area contributed by atoms with E-state index in [0.29, 0.717) is 30.4 Å². The number of amides is 2. The minimum atomic E-state index is -0.234. The highest BCUT2D eigenvalue weighted by Crippen LogP contribution is 2.24. The van der Waals surface area contributed by atoms with E-state index in [-0.39, 0.29) is 11.8 Å². The molecule has 0 radical (unpaired) electrons. The van der Waals surface area contributed by atoms with Crippen molar-refractivity contribution < 1.29 is 9.59 Å². The molecule has 42 heavy (non-hydrogen) atoms. The van der Waals surface area contributed by atoms with Crippen molar-refractivity contribution in [1.82, 2.24) is 29.1 Å². The molecule has 0 bridgehead atoms. The van der Waals surface area contributed by atoms with Crippen LogP contribution in [0.5, 0.6) is 0 Å². The second-order valence-corrected chi connectivity index (χ2v) is 11.4. The van der Waals surface area contributed by atoms with E-state index in [1.807, 2.05) is 77.4 Å². The van der Waals surface area contributed by atoms with Gasteiger partial charge in [0.1, 0.15) is 0 Å². The number of carbonyl (C=O) groups is 2. The summed E-state index contributed by atoms with van der Waals surface area (Å²) in [7, 11) is 1.87. The maximum atomic E-state index is 13.3. The van der Waals surface area contributed by atoms with Crippen molar-refractivity contribution in [3.05, 3.63) is 84.4 Å². The number of para-hydroxylation sites is 1. The number of imidazole rings is 1. The van der Waals surface area contributed by atoms with Gasteiger partial charge in [-0.05, 0) is 81.4 Å². The SMILES string of the molecule is Cn1cc(-c2cccc(C(=O)Nc3nc(CCCC(=O)N4CCC(N5CCCC5)CC4)cn3-c3ccccc3)c2)cn1. The van der Waals surface area contributed by atoms with Crippen molar-refractivity contribution >= 4 is 17.8 Å². The molecule has 0 unspecified atom stereocenters. The number of aryl methyl sites for hydroxylation is 2. The minimum absolute atomic E-state index is 0.234. The molecule has 9 heteroatoms. The minimum Gasteiger partial charge on any atom is -0.343 e. The predicted molar refractivity (Wildman–Crippen MR) is 164 cm³/mol. The molecule has 2 aliphatic heterocycles. The Hall–Kier alpha value is -4.24. The van der Waals surface area contributed by atoms with Gasteiger partial charge in [0, 0.05) is 61.8 Å². The molecule has 1 N–H and O–H groups in total. The quantitative estimate of drug-likeness (QED) is 0.311. The van der Waals surface area contributed by atoms with Crippen LogP contribution in [0.15, 0.2) is 73.2 Å². The van der Waals surface area contributed by atoms with Crippen molar-refractivity contribution in [3.8, 4) is 16.8 Å². The van der Waals surface area contributed by atoms with Crippen LogP contribution in [0.1, 0.15) is 54.6 Å². The number of piperidine rings is 1. The lowest BCUT2D eigenvalue weighted by atomic mass is 10.0. The first-order valence-corrected chi connectivity index (χ1v) is 15.1. The summed E-state index contributed by atoms with van der Waals surface area (Å²) in [5.41, 5.74) is 4.17. The second-order valence-electron chi connectivity index (χ2n) is 11.4. The number of aromatic nitrogens is 4. The zero-order valence-corrected chi connectivity index (χ0v) is 24.3. The molecule has 4 heterocycles. The second kappa shape index (κ2) is 12.7. The smallest absolute Gasteiger partial charge is 0.258 e. The Kier molecular flexibility index (Phi) is 8.46. The molecule has 2 aromatic heterocycles. The molecule has 2 aromatic carbocycles. The van der Waals surface area contributed by atoms with Gasteiger partial charge in [-0.25, -0.2) is 4.98 Å². The van der Waals surface area contributed by atoms with E-state index in [2.05, 4.69) is 15.3 Å². The van der Waals surface area contributed by atoms with Gasteiger partial charge in [-0.3, -0.25) is 24.2 Å². The Bertz CT molecular complexity index is 1510. The van der Waals surface area contributed by atoms with Crippen LogP contribution in [0, 0.1) is 0 Å². The van der Waals surface area contributed by atoms with Gasteiger partial charge in [0.15, 0.2) is 0 Å². The van der Waals surface area contributed by atoms with Crippen molar-refractivity contribution in [2.45, 2.75) is 51.0 Å². The number of nitrogens with one attached hydrogen (secondary N) is 1. The lowest BCUT2D eigenvalue weighted by Gasteiger charge is -2.36. The van der Waals surface area contributed by atoms with Crippen LogP contribution in [0.4, 0.5) is 5.95 Å². The fourth-order valence-electron chi connectivity index (χ4n) is 6.17. The van der Waals surface area contributed by atoms with E-state index in [0.717, 1.165) is 54.9 Å². The molecule has 2 amide bonds. The third-order valence-electron chi connectivity index (χ3n) is 8.48. The lowest BCUT2D eigenvalue weighted by Crippen LogP contribution is -2.45. The number of hydrogen-bond donors (Lipinski definition) is 1. The molecule has 0 aliphatic carbocycles. The summed E-state index contributed by atoms with van der Waals surface area (Å²) in [5.74, 6) is 0.463. The Labute approximate surface area is 247 Å². The lowest BCUT2D eigenvalue weighted by molar-refractivity contribution is -0.132. The summed E-state index contributed by atoms with van der Waals surface area (Å²) >= 11 is 0. The van der Waals surface area contributed by atoms with Crippen molar-refractivity contribution in [1.29, 1.82) is 0 Å². The average Bonchev–Trinajstić information content (AvgIpc) is 3.80. The van der Waals surface area contributed by atoms with E-state index in [1.54, 1.807) is 16.9 Å². The summed E-state index contributed by atoms with van der Waals surface area (Å²) in [5, 5.41) is 7.26. The fourth-order valence-corrected chi connectivity index (χ4v) is 6.17. The number of carbonyl (C=O) groups excluding carboxylic acids is 2. The summed E-state index contributed by atoms with van der Waals surface area (Å²) < 4.78 is 3.65. The van der Waals surface area contributed by atoms with Gasteiger partial charge in [-0.1, -0.05) is 30.3 Å². The fraction of sp³-hybridized carbons (Fsp3) is 0.394. The number of likely N-dealkylation sites (tertiary alicyclic amines) is 2.